The molecule has 1 aliphatic heterocycles. The highest BCUT2D eigenvalue weighted by Crippen LogP contribution is 2.21. The van der Waals surface area contributed by atoms with E-state index in [4.69, 9.17) is 4.74 Å². The average Bonchev–Trinajstić information content (AvgIpc) is 3.40. The summed E-state index contributed by atoms with van der Waals surface area (Å²) in [5, 5.41) is 7.00. The van der Waals surface area contributed by atoms with Gasteiger partial charge in [0.1, 0.15) is 6.54 Å². The number of amides is 3. The van der Waals surface area contributed by atoms with Crippen LogP contribution in [-0.4, -0.2) is 43.4 Å². The third kappa shape index (κ3) is 5.89. The van der Waals surface area contributed by atoms with Crippen molar-refractivity contribution in [1.82, 2.24) is 10.6 Å². The fourth-order valence-electron chi connectivity index (χ4n) is 2.82. The lowest BCUT2D eigenvalue weighted by Gasteiger charge is -2.15. The normalized spacial score (nSPS) is 13.2. The van der Waals surface area contributed by atoms with Crippen LogP contribution in [0.4, 0.5) is 5.69 Å². The highest BCUT2D eigenvalue weighted by molar-refractivity contribution is 7.09. The summed E-state index contributed by atoms with van der Waals surface area (Å²) in [6, 6.07) is 10.4. The van der Waals surface area contributed by atoms with Crippen molar-refractivity contribution in [2.75, 3.05) is 24.6 Å². The van der Waals surface area contributed by atoms with Crippen LogP contribution in [0.25, 0.3) is 0 Å². The first kappa shape index (κ1) is 20.5. The minimum atomic E-state index is -0.705. The van der Waals surface area contributed by atoms with Crippen LogP contribution in [0, 0.1) is 0 Å². The van der Waals surface area contributed by atoms with E-state index in [9.17, 15) is 19.2 Å². The SMILES string of the molecule is O=C(COC(=O)CNC(=O)c1ccc(N2CCCC2=O)cc1)NCc1cccs1. The summed E-state index contributed by atoms with van der Waals surface area (Å²) in [7, 11) is 0. The zero-order valence-corrected chi connectivity index (χ0v) is 16.5. The molecular weight excluding hydrogens is 394 g/mol. The molecule has 9 heteroatoms. The largest absolute Gasteiger partial charge is 0.454 e. The van der Waals surface area contributed by atoms with E-state index < -0.39 is 24.4 Å². The number of nitrogens with one attached hydrogen (secondary N) is 2. The first-order chi connectivity index (χ1) is 14.0. The van der Waals surface area contributed by atoms with Crippen molar-refractivity contribution in [1.29, 1.82) is 0 Å². The fourth-order valence-corrected chi connectivity index (χ4v) is 3.46. The lowest BCUT2D eigenvalue weighted by atomic mass is 10.2. The van der Waals surface area contributed by atoms with Gasteiger partial charge in [0.15, 0.2) is 6.61 Å². The number of esters is 1. The second-order valence-electron chi connectivity index (χ2n) is 6.40. The van der Waals surface area contributed by atoms with E-state index in [1.165, 1.54) is 11.3 Å². The number of hydrogen-bond donors (Lipinski definition) is 2. The van der Waals surface area contributed by atoms with Gasteiger partial charge in [0.25, 0.3) is 11.8 Å². The molecule has 3 amide bonds. The van der Waals surface area contributed by atoms with Crippen LogP contribution < -0.4 is 15.5 Å². The van der Waals surface area contributed by atoms with Gasteiger partial charge in [-0.15, -0.1) is 11.3 Å². The molecule has 0 radical (unpaired) electrons. The quantitative estimate of drug-likeness (QED) is 0.635. The molecule has 2 heterocycles. The molecule has 0 saturated carbocycles. The van der Waals surface area contributed by atoms with Crippen molar-refractivity contribution in [2.24, 2.45) is 0 Å². The van der Waals surface area contributed by atoms with Crippen LogP contribution >= 0.6 is 11.3 Å². The molecule has 8 nitrogen and oxygen atoms in total. The third-order valence-corrected chi connectivity index (χ3v) is 5.19. The molecule has 2 N–H and O–H groups in total. The highest BCUT2D eigenvalue weighted by Gasteiger charge is 2.21. The zero-order valence-electron chi connectivity index (χ0n) is 15.7. The number of hydrogen-bond acceptors (Lipinski definition) is 6. The molecule has 1 fully saturated rings. The van der Waals surface area contributed by atoms with Gasteiger partial charge >= 0.3 is 5.97 Å². The van der Waals surface area contributed by atoms with Crippen molar-refractivity contribution in [3.63, 3.8) is 0 Å². The van der Waals surface area contributed by atoms with Gasteiger partial charge in [0, 0.05) is 29.1 Å². The van der Waals surface area contributed by atoms with E-state index in [2.05, 4.69) is 10.6 Å². The molecule has 1 saturated heterocycles. The maximum absolute atomic E-state index is 12.1. The van der Waals surface area contributed by atoms with Crippen LogP contribution in [-0.2, 0) is 25.7 Å². The number of carbonyl (C=O) groups excluding carboxylic acids is 4. The number of nitrogens with zero attached hydrogens (tertiary/aromatic N) is 1. The standard InChI is InChI=1S/C20H21N3O5S/c24-17(21-11-16-3-2-10-29-16)13-28-19(26)12-22-20(27)14-5-7-15(8-6-14)23-9-1-4-18(23)25/h2-3,5-8,10H,1,4,9,11-13H2,(H,21,24)(H,22,27). The minimum Gasteiger partial charge on any atom is -0.454 e. The monoisotopic (exact) mass is 415 g/mol. The van der Waals surface area contributed by atoms with Crippen LogP contribution in [0.5, 0.6) is 0 Å². The lowest BCUT2D eigenvalue weighted by molar-refractivity contribution is -0.147. The zero-order chi connectivity index (χ0) is 20.6. The number of thiophene rings is 1. The van der Waals surface area contributed by atoms with Crippen molar-refractivity contribution in [2.45, 2.75) is 19.4 Å². The molecule has 0 unspecified atom stereocenters. The van der Waals surface area contributed by atoms with Gasteiger partial charge in [-0.05, 0) is 42.1 Å². The van der Waals surface area contributed by atoms with Crippen LogP contribution in [0.15, 0.2) is 41.8 Å². The Morgan fingerprint density at radius 1 is 1.10 bits per heavy atom. The second kappa shape index (κ2) is 9.83. The summed E-state index contributed by atoms with van der Waals surface area (Å²) in [5.41, 5.74) is 1.11. The van der Waals surface area contributed by atoms with Gasteiger partial charge in [0.05, 0.1) is 6.54 Å². The van der Waals surface area contributed by atoms with Crippen LogP contribution in [0.3, 0.4) is 0 Å². The van der Waals surface area contributed by atoms with Crippen molar-refractivity contribution in [3.05, 3.63) is 52.2 Å². The molecule has 0 aliphatic carbocycles. The molecule has 1 aliphatic rings. The van der Waals surface area contributed by atoms with Crippen molar-refractivity contribution >= 4 is 40.7 Å². The second-order valence-corrected chi connectivity index (χ2v) is 7.43. The minimum absolute atomic E-state index is 0.0735. The predicted octanol–water partition coefficient (Wildman–Crippen LogP) is 1.46. The van der Waals surface area contributed by atoms with Crippen LogP contribution in [0.2, 0.25) is 0 Å². The molecule has 0 spiro atoms. The number of anilines is 1. The Balaban J connectivity index is 1.37. The summed E-state index contributed by atoms with van der Waals surface area (Å²) in [6.45, 7) is 0.308. The maximum atomic E-state index is 12.1. The Morgan fingerprint density at radius 2 is 1.90 bits per heavy atom. The van der Waals surface area contributed by atoms with Gasteiger partial charge in [0.2, 0.25) is 5.91 Å². The molecule has 0 bridgehead atoms. The first-order valence-corrected chi connectivity index (χ1v) is 10.0. The van der Waals surface area contributed by atoms with E-state index in [-0.39, 0.29) is 12.5 Å². The maximum Gasteiger partial charge on any atom is 0.325 e. The Hall–Kier alpha value is -3.20. The molecule has 0 atom stereocenters. The lowest BCUT2D eigenvalue weighted by Crippen LogP contribution is -2.33. The number of carbonyl (C=O) groups is 4. The highest BCUT2D eigenvalue weighted by atomic mass is 32.1. The Kier molecular flexibility index (Phi) is 6.96. The summed E-state index contributed by atoms with van der Waals surface area (Å²) >= 11 is 1.52. The van der Waals surface area contributed by atoms with Crippen molar-refractivity contribution < 1.29 is 23.9 Å². The fraction of sp³-hybridized carbons (Fsp3) is 0.300. The first-order valence-electron chi connectivity index (χ1n) is 9.16. The van der Waals surface area contributed by atoms with Gasteiger partial charge in [-0.25, -0.2) is 0 Å². The van der Waals surface area contributed by atoms with Crippen molar-refractivity contribution in [3.8, 4) is 0 Å². The molecular formula is C20H21N3O5S. The van der Waals surface area contributed by atoms with Gasteiger partial charge < -0.3 is 20.3 Å². The van der Waals surface area contributed by atoms with Gasteiger partial charge in [-0.2, -0.15) is 0 Å². The average molecular weight is 415 g/mol. The van der Waals surface area contributed by atoms with Crippen LogP contribution in [0.1, 0.15) is 28.1 Å². The van der Waals surface area contributed by atoms with E-state index >= 15 is 0 Å². The van der Waals surface area contributed by atoms with E-state index in [0.29, 0.717) is 25.1 Å². The molecule has 152 valence electrons. The topological polar surface area (TPSA) is 105 Å². The molecule has 3 rings (SSSR count). The summed E-state index contributed by atoms with van der Waals surface area (Å²) in [6.07, 6.45) is 1.37. The summed E-state index contributed by atoms with van der Waals surface area (Å²) in [4.78, 5) is 50.0. The number of rotatable bonds is 8. The van der Waals surface area contributed by atoms with E-state index in [0.717, 1.165) is 17.0 Å². The number of ether oxygens (including phenoxy) is 1. The van der Waals surface area contributed by atoms with Gasteiger partial charge in [-0.1, -0.05) is 6.07 Å². The Bertz CT molecular complexity index is 880. The predicted molar refractivity (Wildman–Crippen MR) is 107 cm³/mol. The molecule has 1 aromatic carbocycles. The Labute approximate surface area is 171 Å². The number of benzene rings is 1. The molecule has 2 aromatic rings. The third-order valence-electron chi connectivity index (χ3n) is 4.31. The van der Waals surface area contributed by atoms with E-state index in [1.54, 1.807) is 29.2 Å². The molecule has 1 aromatic heterocycles. The Morgan fingerprint density at radius 3 is 2.55 bits per heavy atom. The molecule has 29 heavy (non-hydrogen) atoms. The summed E-state index contributed by atoms with van der Waals surface area (Å²) < 4.78 is 4.85. The van der Waals surface area contributed by atoms with Gasteiger partial charge in [-0.3, -0.25) is 19.2 Å². The van der Waals surface area contributed by atoms with E-state index in [1.807, 2.05) is 17.5 Å². The smallest absolute Gasteiger partial charge is 0.325 e. The summed E-state index contributed by atoms with van der Waals surface area (Å²) in [5.74, 6) is -1.48.